The van der Waals surface area contributed by atoms with Crippen LogP contribution in [-0.2, 0) is 10.0 Å². The Balaban J connectivity index is 1.68. The highest BCUT2D eigenvalue weighted by Crippen LogP contribution is 2.33. The van der Waals surface area contributed by atoms with Gasteiger partial charge in [-0.3, -0.25) is 4.98 Å². The van der Waals surface area contributed by atoms with E-state index in [4.69, 9.17) is 16.3 Å². The zero-order valence-electron chi connectivity index (χ0n) is 11.0. The quantitative estimate of drug-likeness (QED) is 0.853. The Bertz CT molecular complexity index is 589. The number of aromatic nitrogens is 1. The van der Waals surface area contributed by atoms with Gasteiger partial charge in [0.15, 0.2) is 0 Å². The topological polar surface area (TPSA) is 59.5 Å². The average Bonchev–Trinajstić information content (AvgIpc) is 3.27. The third-order valence-electron chi connectivity index (χ3n) is 3.68. The fourth-order valence-electron chi connectivity index (χ4n) is 2.45. The van der Waals surface area contributed by atoms with Gasteiger partial charge in [0, 0.05) is 25.0 Å². The Morgan fingerprint density at radius 3 is 2.85 bits per heavy atom. The zero-order valence-corrected chi connectivity index (χ0v) is 12.6. The predicted octanol–water partition coefficient (Wildman–Crippen LogP) is 2.07. The first-order valence-electron chi connectivity index (χ1n) is 6.82. The minimum Gasteiger partial charge on any atom is -0.487 e. The molecule has 0 amide bonds. The largest absolute Gasteiger partial charge is 0.487 e. The first-order chi connectivity index (χ1) is 9.57. The molecule has 1 unspecified atom stereocenters. The van der Waals surface area contributed by atoms with Crippen molar-refractivity contribution in [1.82, 2.24) is 9.29 Å². The molecule has 1 aliphatic carbocycles. The van der Waals surface area contributed by atoms with Gasteiger partial charge in [-0.2, -0.15) is 4.31 Å². The molecule has 2 fully saturated rings. The van der Waals surface area contributed by atoms with Gasteiger partial charge < -0.3 is 4.74 Å². The van der Waals surface area contributed by atoms with Crippen LogP contribution in [-0.4, -0.2) is 42.2 Å². The van der Waals surface area contributed by atoms with Gasteiger partial charge in [-0.15, -0.1) is 0 Å². The second-order valence-corrected chi connectivity index (χ2v) is 7.91. The number of piperidine rings is 1. The van der Waals surface area contributed by atoms with Crippen molar-refractivity contribution < 1.29 is 13.2 Å². The highest BCUT2D eigenvalue weighted by Gasteiger charge is 2.41. The third-order valence-corrected chi connectivity index (χ3v) is 6.32. The molecule has 2 aliphatic rings. The molecule has 3 rings (SSSR count). The summed E-state index contributed by atoms with van der Waals surface area (Å²) in [6, 6.07) is 1.71. The zero-order chi connectivity index (χ0) is 14.2. The van der Waals surface area contributed by atoms with E-state index in [2.05, 4.69) is 4.98 Å². The second kappa shape index (κ2) is 5.50. The summed E-state index contributed by atoms with van der Waals surface area (Å²) in [6.45, 7) is 1.01. The summed E-state index contributed by atoms with van der Waals surface area (Å²) in [5, 5.41) is 0.292. The maximum absolute atomic E-state index is 12.2. The molecule has 0 aromatic carbocycles. The molecule has 0 radical (unpaired) electrons. The Labute approximate surface area is 123 Å². The number of hydrogen-bond donors (Lipinski definition) is 0. The number of nitrogens with zero attached hydrogens (tertiary/aromatic N) is 2. The fourth-order valence-corrected chi connectivity index (χ4v) is 4.52. The molecule has 1 atom stereocenters. The number of rotatable bonds is 4. The Kier molecular flexibility index (Phi) is 3.88. The number of ether oxygens (including phenoxy) is 1. The van der Waals surface area contributed by atoms with E-state index >= 15 is 0 Å². The highest BCUT2D eigenvalue weighted by atomic mass is 35.5. The summed E-state index contributed by atoms with van der Waals surface area (Å²) < 4.78 is 31.9. The van der Waals surface area contributed by atoms with Crippen LogP contribution in [0.5, 0.6) is 5.75 Å². The Morgan fingerprint density at radius 2 is 2.15 bits per heavy atom. The van der Waals surface area contributed by atoms with Crippen molar-refractivity contribution in [3.63, 3.8) is 0 Å². The molecule has 20 heavy (non-hydrogen) atoms. The van der Waals surface area contributed by atoms with Crippen LogP contribution in [0.15, 0.2) is 18.5 Å². The van der Waals surface area contributed by atoms with Gasteiger partial charge in [-0.05, 0) is 25.7 Å². The van der Waals surface area contributed by atoms with Crippen LogP contribution in [0.1, 0.15) is 25.7 Å². The Morgan fingerprint density at radius 1 is 1.35 bits per heavy atom. The van der Waals surface area contributed by atoms with Crippen LogP contribution in [0.25, 0.3) is 0 Å². The van der Waals surface area contributed by atoms with Gasteiger partial charge in [-0.1, -0.05) is 11.6 Å². The number of hydrogen-bond acceptors (Lipinski definition) is 4. The molecule has 1 saturated carbocycles. The molecular weight excluding hydrogens is 300 g/mol. The van der Waals surface area contributed by atoms with E-state index in [0.29, 0.717) is 23.9 Å². The maximum atomic E-state index is 12.2. The summed E-state index contributed by atoms with van der Waals surface area (Å²) in [5.74, 6) is 0.567. The lowest BCUT2D eigenvalue weighted by atomic mass is 10.1. The number of sulfonamides is 1. The normalized spacial score (nSPS) is 24.6. The monoisotopic (exact) mass is 316 g/mol. The lowest BCUT2D eigenvalue weighted by Gasteiger charge is -2.32. The van der Waals surface area contributed by atoms with Crippen molar-refractivity contribution in [3.05, 3.63) is 23.5 Å². The van der Waals surface area contributed by atoms with E-state index < -0.39 is 10.0 Å². The van der Waals surface area contributed by atoms with Gasteiger partial charge in [0.25, 0.3) is 0 Å². The molecule has 7 heteroatoms. The van der Waals surface area contributed by atoms with E-state index in [0.717, 1.165) is 25.7 Å². The lowest BCUT2D eigenvalue weighted by molar-refractivity contribution is 0.129. The van der Waals surface area contributed by atoms with E-state index in [-0.39, 0.29) is 11.4 Å². The molecule has 1 aromatic rings. The molecule has 5 nitrogen and oxygen atoms in total. The summed E-state index contributed by atoms with van der Waals surface area (Å²) >= 11 is 6.01. The van der Waals surface area contributed by atoms with Gasteiger partial charge in [0.1, 0.15) is 16.9 Å². The van der Waals surface area contributed by atoms with Crippen LogP contribution in [0, 0.1) is 0 Å². The minimum absolute atomic E-state index is 0.142. The van der Waals surface area contributed by atoms with E-state index in [1.807, 2.05) is 0 Å². The smallest absolute Gasteiger partial charge is 0.217 e. The molecule has 0 N–H and O–H groups in total. The molecule has 1 aliphatic heterocycles. The summed E-state index contributed by atoms with van der Waals surface area (Å²) in [6.07, 6.45) is 6.24. The average molecular weight is 317 g/mol. The van der Waals surface area contributed by atoms with E-state index in [1.54, 1.807) is 16.6 Å². The van der Waals surface area contributed by atoms with Crippen molar-refractivity contribution >= 4 is 21.6 Å². The second-order valence-electron chi connectivity index (χ2n) is 5.29. The lowest BCUT2D eigenvalue weighted by Crippen LogP contribution is -2.45. The van der Waals surface area contributed by atoms with Crippen LogP contribution in [0.2, 0.25) is 5.02 Å². The SMILES string of the molecule is O=S(=O)(C1CC1)N1CCCC(Oc2ccncc2Cl)C1. The summed E-state index contributed by atoms with van der Waals surface area (Å²) in [5.41, 5.74) is 0. The maximum Gasteiger partial charge on any atom is 0.217 e. The molecule has 1 aromatic heterocycles. The van der Waals surface area contributed by atoms with Crippen molar-refractivity contribution in [2.75, 3.05) is 13.1 Å². The standard InChI is InChI=1S/C13H17ClN2O3S/c14-12-8-15-6-5-13(12)19-10-2-1-7-16(9-10)20(17,18)11-3-4-11/h5-6,8,10-11H,1-4,7,9H2. The summed E-state index contributed by atoms with van der Waals surface area (Å²) in [4.78, 5) is 3.91. The van der Waals surface area contributed by atoms with E-state index in [1.165, 1.54) is 6.20 Å². The predicted molar refractivity (Wildman–Crippen MR) is 76.4 cm³/mol. The van der Waals surface area contributed by atoms with E-state index in [9.17, 15) is 8.42 Å². The van der Waals surface area contributed by atoms with Crippen molar-refractivity contribution in [2.24, 2.45) is 0 Å². The van der Waals surface area contributed by atoms with Gasteiger partial charge in [-0.25, -0.2) is 8.42 Å². The first kappa shape index (κ1) is 14.1. The van der Waals surface area contributed by atoms with Crippen molar-refractivity contribution in [2.45, 2.75) is 37.0 Å². The Hall–Kier alpha value is -0.850. The molecule has 2 heterocycles. The molecule has 1 saturated heterocycles. The molecule has 110 valence electrons. The van der Waals surface area contributed by atoms with Gasteiger partial charge in [0.2, 0.25) is 10.0 Å². The van der Waals surface area contributed by atoms with Crippen LogP contribution in [0.3, 0.4) is 0 Å². The fraction of sp³-hybridized carbons (Fsp3) is 0.615. The van der Waals surface area contributed by atoms with Crippen molar-refractivity contribution in [1.29, 1.82) is 0 Å². The number of halogens is 1. The van der Waals surface area contributed by atoms with Crippen LogP contribution in [0.4, 0.5) is 0 Å². The van der Waals surface area contributed by atoms with Crippen molar-refractivity contribution in [3.8, 4) is 5.75 Å². The molecule has 0 spiro atoms. The molecule has 0 bridgehead atoms. The first-order valence-corrected chi connectivity index (χ1v) is 8.70. The minimum atomic E-state index is -3.12. The number of pyridine rings is 1. The van der Waals surface area contributed by atoms with Crippen LogP contribution >= 0.6 is 11.6 Å². The summed E-state index contributed by atoms with van der Waals surface area (Å²) in [7, 11) is -3.12. The van der Waals surface area contributed by atoms with Gasteiger partial charge >= 0.3 is 0 Å². The van der Waals surface area contributed by atoms with Gasteiger partial charge in [0.05, 0.1) is 11.8 Å². The van der Waals surface area contributed by atoms with Crippen LogP contribution < -0.4 is 4.74 Å². The highest BCUT2D eigenvalue weighted by molar-refractivity contribution is 7.90. The molecular formula is C13H17ClN2O3S. The third kappa shape index (κ3) is 2.92.